The molecule has 0 aliphatic carbocycles. The summed E-state index contributed by atoms with van der Waals surface area (Å²) in [5.41, 5.74) is 3.20. The molecule has 0 saturated carbocycles. The molecule has 234 valence electrons. The highest BCUT2D eigenvalue weighted by Crippen LogP contribution is 2.42. The van der Waals surface area contributed by atoms with Gasteiger partial charge in [-0.25, -0.2) is 0 Å². The number of rotatable bonds is 25. The zero-order chi connectivity index (χ0) is 29.7. The van der Waals surface area contributed by atoms with Gasteiger partial charge in [0, 0.05) is 12.2 Å². The van der Waals surface area contributed by atoms with Crippen molar-refractivity contribution in [1.29, 1.82) is 0 Å². The van der Waals surface area contributed by atoms with Gasteiger partial charge in [-0.15, -0.1) is 0 Å². The summed E-state index contributed by atoms with van der Waals surface area (Å²) in [4.78, 5) is 12.7. The van der Waals surface area contributed by atoms with E-state index in [4.69, 9.17) is 14.2 Å². The maximum atomic E-state index is 12.7. The summed E-state index contributed by atoms with van der Waals surface area (Å²) in [6.45, 7) is 6.42. The second kappa shape index (κ2) is 21.4. The lowest BCUT2D eigenvalue weighted by Gasteiger charge is -2.13. The lowest BCUT2D eigenvalue weighted by Crippen LogP contribution is -2.12. The Morgan fingerprint density at radius 1 is 0.619 bits per heavy atom. The van der Waals surface area contributed by atoms with Crippen LogP contribution in [0.25, 0.3) is 0 Å². The topological polar surface area (TPSA) is 44.8 Å². The van der Waals surface area contributed by atoms with Crippen LogP contribution in [0, 0.1) is 0 Å². The van der Waals surface area contributed by atoms with Gasteiger partial charge in [0.25, 0.3) is 0 Å². The number of benzene rings is 2. The van der Waals surface area contributed by atoms with Crippen molar-refractivity contribution < 1.29 is 19.0 Å². The molecule has 2 aromatic carbocycles. The van der Waals surface area contributed by atoms with E-state index in [1.54, 1.807) is 0 Å². The molecule has 0 saturated heterocycles. The molecule has 1 unspecified atom stereocenters. The monoisotopic (exact) mass is 578 g/mol. The van der Waals surface area contributed by atoms with E-state index in [9.17, 15) is 4.79 Å². The van der Waals surface area contributed by atoms with Gasteiger partial charge in [-0.2, -0.15) is 0 Å². The SMILES string of the molecule is CCCCCCCCCCCCCCCCCCOCCOc1ccc(C2C(=O)Oc3cccc(CCCC)c32)cc1. The Hall–Kier alpha value is -2.33. The van der Waals surface area contributed by atoms with E-state index in [-0.39, 0.29) is 11.9 Å². The third-order valence-corrected chi connectivity index (χ3v) is 8.54. The largest absolute Gasteiger partial charge is 0.491 e. The maximum absolute atomic E-state index is 12.7. The van der Waals surface area contributed by atoms with E-state index in [1.807, 2.05) is 36.4 Å². The first-order chi connectivity index (χ1) is 20.7. The molecule has 0 N–H and O–H groups in total. The zero-order valence-electron chi connectivity index (χ0n) is 26.8. The van der Waals surface area contributed by atoms with Crippen LogP contribution in [0.5, 0.6) is 11.5 Å². The number of carbonyl (C=O) groups is 1. The minimum atomic E-state index is -0.356. The van der Waals surface area contributed by atoms with Gasteiger partial charge in [-0.05, 0) is 48.6 Å². The number of carbonyl (C=O) groups excluding carboxylic acids is 1. The fourth-order valence-electron chi connectivity index (χ4n) is 6.01. The number of hydrogen-bond donors (Lipinski definition) is 0. The first-order valence-corrected chi connectivity index (χ1v) is 17.4. The zero-order valence-corrected chi connectivity index (χ0v) is 26.8. The molecule has 1 atom stereocenters. The predicted molar refractivity (Wildman–Crippen MR) is 175 cm³/mol. The number of hydrogen-bond acceptors (Lipinski definition) is 4. The van der Waals surface area contributed by atoms with E-state index in [0.29, 0.717) is 19.0 Å². The highest BCUT2D eigenvalue weighted by atomic mass is 16.5. The summed E-state index contributed by atoms with van der Waals surface area (Å²) in [6, 6.07) is 13.9. The van der Waals surface area contributed by atoms with Gasteiger partial charge in [-0.1, -0.05) is 141 Å². The van der Waals surface area contributed by atoms with Crippen LogP contribution < -0.4 is 9.47 Å². The average Bonchev–Trinajstić information content (AvgIpc) is 3.35. The van der Waals surface area contributed by atoms with Gasteiger partial charge in [-0.3, -0.25) is 4.79 Å². The normalized spacial score (nSPS) is 14.2. The third-order valence-electron chi connectivity index (χ3n) is 8.54. The van der Waals surface area contributed by atoms with Crippen molar-refractivity contribution in [2.45, 2.75) is 142 Å². The second-order valence-electron chi connectivity index (χ2n) is 12.1. The average molecular weight is 579 g/mol. The van der Waals surface area contributed by atoms with Crippen LogP contribution in [0.4, 0.5) is 0 Å². The van der Waals surface area contributed by atoms with E-state index < -0.39 is 0 Å². The number of fused-ring (bicyclic) bond motifs is 1. The molecule has 0 spiro atoms. The number of aryl methyl sites for hydroxylation is 1. The molecular weight excluding hydrogens is 520 g/mol. The number of ether oxygens (including phenoxy) is 3. The highest BCUT2D eigenvalue weighted by molar-refractivity contribution is 5.90. The van der Waals surface area contributed by atoms with E-state index in [2.05, 4.69) is 19.9 Å². The second-order valence-corrected chi connectivity index (χ2v) is 12.1. The summed E-state index contributed by atoms with van der Waals surface area (Å²) in [7, 11) is 0. The van der Waals surface area contributed by atoms with Crippen molar-refractivity contribution >= 4 is 5.97 Å². The van der Waals surface area contributed by atoms with E-state index in [0.717, 1.165) is 49.2 Å². The Morgan fingerprint density at radius 2 is 1.19 bits per heavy atom. The molecule has 0 amide bonds. The van der Waals surface area contributed by atoms with Gasteiger partial charge < -0.3 is 14.2 Å². The van der Waals surface area contributed by atoms with Crippen molar-refractivity contribution in [3.8, 4) is 11.5 Å². The van der Waals surface area contributed by atoms with Gasteiger partial charge >= 0.3 is 5.97 Å². The Bertz CT molecular complexity index is 983. The summed E-state index contributed by atoms with van der Waals surface area (Å²) >= 11 is 0. The minimum absolute atomic E-state index is 0.190. The molecule has 42 heavy (non-hydrogen) atoms. The first-order valence-electron chi connectivity index (χ1n) is 17.4. The van der Waals surface area contributed by atoms with E-state index in [1.165, 1.54) is 102 Å². The lowest BCUT2D eigenvalue weighted by atomic mass is 9.87. The number of esters is 1. The van der Waals surface area contributed by atoms with Crippen LogP contribution >= 0.6 is 0 Å². The molecule has 0 fully saturated rings. The Morgan fingerprint density at radius 3 is 1.79 bits per heavy atom. The van der Waals surface area contributed by atoms with Gasteiger partial charge in [0.1, 0.15) is 24.0 Å². The molecule has 4 nitrogen and oxygen atoms in total. The minimum Gasteiger partial charge on any atom is -0.491 e. The van der Waals surface area contributed by atoms with Crippen LogP contribution in [0.15, 0.2) is 42.5 Å². The smallest absolute Gasteiger partial charge is 0.323 e. The highest BCUT2D eigenvalue weighted by Gasteiger charge is 2.36. The quantitative estimate of drug-likeness (QED) is 0.0668. The fraction of sp³-hybridized carbons (Fsp3) is 0.658. The molecule has 1 aliphatic heterocycles. The molecule has 0 aromatic heterocycles. The number of unbranched alkanes of at least 4 members (excludes halogenated alkanes) is 16. The molecule has 0 bridgehead atoms. The Balaban J connectivity index is 1.17. The molecule has 3 rings (SSSR count). The van der Waals surface area contributed by atoms with Crippen LogP contribution in [0.3, 0.4) is 0 Å². The summed E-state index contributed by atoms with van der Waals surface area (Å²) in [5.74, 6) is 0.964. The Labute approximate surface area is 256 Å². The summed E-state index contributed by atoms with van der Waals surface area (Å²) in [5, 5.41) is 0. The first kappa shape index (κ1) is 34.2. The van der Waals surface area contributed by atoms with Crippen molar-refractivity contribution in [3.05, 3.63) is 59.2 Å². The van der Waals surface area contributed by atoms with Crippen molar-refractivity contribution in [3.63, 3.8) is 0 Å². The third kappa shape index (κ3) is 12.5. The molecule has 1 aliphatic rings. The van der Waals surface area contributed by atoms with Crippen LogP contribution in [-0.2, 0) is 16.0 Å². The standard InChI is InChI=1S/C38H58O4/c1-3-5-7-8-9-10-11-12-13-14-15-16-17-18-19-20-29-40-30-31-41-34-27-25-33(26-28-34)37-36-32(22-6-4-2)23-21-24-35(36)42-38(37)39/h21,23-28,37H,3-20,22,29-31H2,1-2H3. The van der Waals surface area contributed by atoms with E-state index >= 15 is 0 Å². The van der Waals surface area contributed by atoms with Crippen molar-refractivity contribution in [1.82, 2.24) is 0 Å². The van der Waals surface area contributed by atoms with Gasteiger partial charge in [0.2, 0.25) is 0 Å². The Kier molecular flexibility index (Phi) is 17.4. The molecule has 2 aromatic rings. The summed E-state index contributed by atoms with van der Waals surface area (Å²) in [6.07, 6.45) is 25.3. The molecule has 0 radical (unpaired) electrons. The van der Waals surface area contributed by atoms with Crippen molar-refractivity contribution in [2.75, 3.05) is 19.8 Å². The lowest BCUT2D eigenvalue weighted by molar-refractivity contribution is -0.133. The van der Waals surface area contributed by atoms with Crippen LogP contribution in [-0.4, -0.2) is 25.8 Å². The van der Waals surface area contributed by atoms with Gasteiger partial charge in [0.05, 0.1) is 6.61 Å². The predicted octanol–water partition coefficient (Wildman–Crippen LogP) is 10.7. The van der Waals surface area contributed by atoms with Crippen molar-refractivity contribution in [2.24, 2.45) is 0 Å². The fourth-order valence-corrected chi connectivity index (χ4v) is 6.01. The van der Waals surface area contributed by atoms with Gasteiger partial charge in [0.15, 0.2) is 0 Å². The molecule has 4 heteroatoms. The van der Waals surface area contributed by atoms with Crippen LogP contribution in [0.2, 0.25) is 0 Å². The summed E-state index contributed by atoms with van der Waals surface area (Å²) < 4.78 is 17.3. The van der Waals surface area contributed by atoms with Crippen LogP contribution in [0.1, 0.15) is 152 Å². The molecule has 1 heterocycles. The maximum Gasteiger partial charge on any atom is 0.323 e. The molecular formula is C38H58O4.